The van der Waals surface area contributed by atoms with E-state index in [1.54, 1.807) is 6.92 Å². The zero-order chi connectivity index (χ0) is 22.7. The quantitative estimate of drug-likeness (QED) is 0.318. The van der Waals surface area contributed by atoms with E-state index in [1.165, 1.54) is 18.2 Å². The maximum absolute atomic E-state index is 12.8. The van der Waals surface area contributed by atoms with Crippen molar-refractivity contribution in [3.05, 3.63) is 34.9 Å². The van der Waals surface area contributed by atoms with Crippen LogP contribution < -0.4 is 0 Å². The molecule has 3 atom stereocenters. The van der Waals surface area contributed by atoms with Crippen LogP contribution in [0.2, 0.25) is 0 Å². The molecule has 0 radical (unpaired) electrons. The van der Waals surface area contributed by atoms with Gasteiger partial charge in [-0.15, -0.1) is 0 Å². The molecular weight excluding hydrogens is 384 g/mol. The molecule has 0 aliphatic heterocycles. The van der Waals surface area contributed by atoms with Crippen molar-refractivity contribution < 1.29 is 28.6 Å². The Balaban J connectivity index is 3.18. The molecule has 0 saturated heterocycles. The number of hydrogen-bond acceptors (Lipinski definition) is 6. The molecule has 30 heavy (non-hydrogen) atoms. The highest BCUT2D eigenvalue weighted by molar-refractivity contribution is 6.05. The molecule has 168 valence electrons. The second-order valence-electron chi connectivity index (χ2n) is 7.77. The van der Waals surface area contributed by atoms with Crippen molar-refractivity contribution in [2.24, 2.45) is 0 Å². The molecule has 0 aromatic heterocycles. The molecular formula is C24H36O6. The molecule has 6 heteroatoms. The van der Waals surface area contributed by atoms with Gasteiger partial charge in [-0.2, -0.15) is 0 Å². The van der Waals surface area contributed by atoms with E-state index < -0.39 is 17.9 Å². The van der Waals surface area contributed by atoms with Crippen LogP contribution in [-0.4, -0.2) is 36.2 Å². The highest BCUT2D eigenvalue weighted by Gasteiger charge is 2.25. The van der Waals surface area contributed by atoms with Crippen LogP contribution in [0.3, 0.4) is 0 Å². The fourth-order valence-corrected chi connectivity index (χ4v) is 3.16. The van der Waals surface area contributed by atoms with Gasteiger partial charge in [-0.05, 0) is 58.2 Å². The van der Waals surface area contributed by atoms with Gasteiger partial charge in [-0.1, -0.05) is 40.0 Å². The lowest BCUT2D eigenvalue weighted by Crippen LogP contribution is -2.22. The number of carbonyl (C=O) groups excluding carboxylic acids is 3. The first-order valence-electron chi connectivity index (χ1n) is 11.0. The number of rotatable bonds is 12. The number of hydrogen-bond donors (Lipinski definition) is 0. The number of benzene rings is 1. The Morgan fingerprint density at radius 1 is 0.667 bits per heavy atom. The zero-order valence-corrected chi connectivity index (χ0v) is 19.2. The van der Waals surface area contributed by atoms with E-state index in [0.29, 0.717) is 6.42 Å². The summed E-state index contributed by atoms with van der Waals surface area (Å²) in [5.41, 5.74) is 0.306. The molecule has 1 rings (SSSR count). The molecule has 0 bridgehead atoms. The van der Waals surface area contributed by atoms with Crippen LogP contribution in [0.15, 0.2) is 18.2 Å². The molecule has 0 heterocycles. The van der Waals surface area contributed by atoms with Gasteiger partial charge < -0.3 is 14.2 Å². The van der Waals surface area contributed by atoms with Gasteiger partial charge >= 0.3 is 17.9 Å². The molecule has 0 saturated carbocycles. The highest BCUT2D eigenvalue weighted by Crippen LogP contribution is 2.19. The van der Waals surface area contributed by atoms with Gasteiger partial charge in [0.1, 0.15) is 0 Å². The molecule has 0 N–H and O–H groups in total. The number of esters is 3. The lowest BCUT2D eigenvalue weighted by Gasteiger charge is -2.17. The Hall–Kier alpha value is -2.37. The van der Waals surface area contributed by atoms with E-state index >= 15 is 0 Å². The van der Waals surface area contributed by atoms with Gasteiger partial charge in [-0.3, -0.25) is 0 Å². The average Bonchev–Trinajstić information content (AvgIpc) is 2.67. The maximum Gasteiger partial charge on any atom is 0.339 e. The van der Waals surface area contributed by atoms with Gasteiger partial charge in [0, 0.05) is 0 Å². The van der Waals surface area contributed by atoms with E-state index in [2.05, 4.69) is 0 Å². The summed E-state index contributed by atoms with van der Waals surface area (Å²) >= 11 is 0. The molecule has 0 aliphatic carbocycles. The van der Waals surface area contributed by atoms with Crippen LogP contribution in [0.5, 0.6) is 0 Å². The van der Waals surface area contributed by atoms with Gasteiger partial charge in [0.05, 0.1) is 35.0 Å². The summed E-state index contributed by atoms with van der Waals surface area (Å²) in [6.07, 6.45) is 3.99. The van der Waals surface area contributed by atoms with Crippen molar-refractivity contribution in [2.45, 2.75) is 98.4 Å². The minimum Gasteiger partial charge on any atom is -0.459 e. The SMILES string of the molecule is CCCC(C)OC(=O)c1ccc(C(=O)OC(C)CCC)c(C(=O)OC(C)CCC)c1. The molecule has 0 aliphatic rings. The highest BCUT2D eigenvalue weighted by atomic mass is 16.6. The standard InChI is InChI=1S/C24H36O6/c1-7-10-16(4)28-22(25)19-13-14-20(23(26)29-17(5)11-8-2)21(15-19)24(27)30-18(6)12-9-3/h13-18H,7-12H2,1-6H3. The van der Waals surface area contributed by atoms with Crippen LogP contribution in [0.4, 0.5) is 0 Å². The van der Waals surface area contributed by atoms with Crippen LogP contribution in [0, 0.1) is 0 Å². The Morgan fingerprint density at radius 3 is 1.50 bits per heavy atom. The Kier molecular flexibility index (Phi) is 11.2. The van der Waals surface area contributed by atoms with Gasteiger partial charge in [0.25, 0.3) is 0 Å². The second-order valence-corrected chi connectivity index (χ2v) is 7.77. The first-order chi connectivity index (χ1) is 14.2. The largest absolute Gasteiger partial charge is 0.459 e. The number of ether oxygens (including phenoxy) is 3. The van der Waals surface area contributed by atoms with E-state index in [1.807, 2.05) is 34.6 Å². The van der Waals surface area contributed by atoms with Crippen LogP contribution >= 0.6 is 0 Å². The Bertz CT molecular complexity index is 712. The zero-order valence-electron chi connectivity index (χ0n) is 19.2. The van der Waals surface area contributed by atoms with E-state index in [-0.39, 0.29) is 35.0 Å². The third-order valence-corrected chi connectivity index (χ3v) is 4.71. The molecule has 1 aromatic carbocycles. The third kappa shape index (κ3) is 8.17. The topological polar surface area (TPSA) is 78.9 Å². The smallest absolute Gasteiger partial charge is 0.339 e. The predicted octanol–water partition coefficient (Wildman–Crippen LogP) is 5.72. The summed E-state index contributed by atoms with van der Waals surface area (Å²) in [6.45, 7) is 11.4. The van der Waals surface area contributed by atoms with Crippen LogP contribution in [0.25, 0.3) is 0 Å². The molecule has 0 spiro atoms. The summed E-state index contributed by atoms with van der Waals surface area (Å²) in [5, 5.41) is 0. The monoisotopic (exact) mass is 420 g/mol. The van der Waals surface area contributed by atoms with E-state index in [0.717, 1.165) is 32.1 Å². The molecule has 1 aromatic rings. The van der Waals surface area contributed by atoms with E-state index in [9.17, 15) is 14.4 Å². The first-order valence-corrected chi connectivity index (χ1v) is 11.0. The fraction of sp³-hybridized carbons (Fsp3) is 0.625. The molecule has 6 nitrogen and oxygen atoms in total. The van der Waals surface area contributed by atoms with Crippen molar-refractivity contribution in [3.8, 4) is 0 Å². The fourth-order valence-electron chi connectivity index (χ4n) is 3.16. The summed E-state index contributed by atoms with van der Waals surface area (Å²) in [4.78, 5) is 37.9. The summed E-state index contributed by atoms with van der Waals surface area (Å²) in [6, 6.07) is 4.28. The summed E-state index contributed by atoms with van der Waals surface area (Å²) in [5.74, 6) is -1.79. The number of carbonyl (C=O) groups is 3. The van der Waals surface area contributed by atoms with Crippen molar-refractivity contribution in [1.29, 1.82) is 0 Å². The van der Waals surface area contributed by atoms with Crippen molar-refractivity contribution in [1.82, 2.24) is 0 Å². The molecule has 3 unspecified atom stereocenters. The van der Waals surface area contributed by atoms with Crippen molar-refractivity contribution in [3.63, 3.8) is 0 Å². The second kappa shape index (κ2) is 13.0. The Morgan fingerprint density at radius 2 is 1.07 bits per heavy atom. The van der Waals surface area contributed by atoms with Gasteiger partial charge in [-0.25, -0.2) is 14.4 Å². The van der Waals surface area contributed by atoms with Crippen molar-refractivity contribution in [2.75, 3.05) is 0 Å². The summed E-state index contributed by atoms with van der Waals surface area (Å²) in [7, 11) is 0. The molecule has 0 fully saturated rings. The van der Waals surface area contributed by atoms with E-state index in [4.69, 9.17) is 14.2 Å². The predicted molar refractivity (Wildman–Crippen MR) is 116 cm³/mol. The Labute approximate surface area is 180 Å². The van der Waals surface area contributed by atoms with Crippen molar-refractivity contribution >= 4 is 17.9 Å². The average molecular weight is 421 g/mol. The first kappa shape index (κ1) is 25.7. The minimum atomic E-state index is -0.651. The van der Waals surface area contributed by atoms with Gasteiger partial charge in [0.2, 0.25) is 0 Å². The van der Waals surface area contributed by atoms with Crippen LogP contribution in [0.1, 0.15) is 111 Å². The minimum absolute atomic E-state index is 0.0178. The lowest BCUT2D eigenvalue weighted by atomic mass is 10.0. The van der Waals surface area contributed by atoms with Crippen LogP contribution in [-0.2, 0) is 14.2 Å². The summed E-state index contributed by atoms with van der Waals surface area (Å²) < 4.78 is 16.4. The maximum atomic E-state index is 12.8. The molecule has 0 amide bonds. The normalized spacial score (nSPS) is 13.8. The third-order valence-electron chi connectivity index (χ3n) is 4.71. The van der Waals surface area contributed by atoms with Gasteiger partial charge in [0.15, 0.2) is 0 Å². The lowest BCUT2D eigenvalue weighted by molar-refractivity contribution is 0.0271.